The predicted molar refractivity (Wildman–Crippen MR) is 64.2 cm³/mol. The van der Waals surface area contributed by atoms with Crippen LogP contribution in [-0.4, -0.2) is 53.5 Å². The summed E-state index contributed by atoms with van der Waals surface area (Å²) in [6.45, 7) is 7.18. The quantitative estimate of drug-likeness (QED) is 0.762. The molecule has 19 heavy (non-hydrogen) atoms. The van der Waals surface area contributed by atoms with Crippen LogP contribution in [0.5, 0.6) is 0 Å². The van der Waals surface area contributed by atoms with Crippen molar-refractivity contribution in [3.63, 3.8) is 0 Å². The minimum Gasteiger partial charge on any atom is -0.384 e. The zero-order chi connectivity index (χ0) is 14.8. The summed E-state index contributed by atoms with van der Waals surface area (Å²) in [6.07, 6.45) is -2.51. The van der Waals surface area contributed by atoms with Gasteiger partial charge in [-0.05, 0) is 34.6 Å². The molecule has 110 valence electrons. The smallest absolute Gasteiger partial charge is 0.190 e. The fourth-order valence-corrected chi connectivity index (χ4v) is 2.87. The zero-order valence-corrected chi connectivity index (χ0v) is 11.7. The second kappa shape index (κ2) is 3.90. The van der Waals surface area contributed by atoms with Gasteiger partial charge in [-0.1, -0.05) is 0 Å². The zero-order valence-electron chi connectivity index (χ0n) is 12.7. The second-order valence-corrected chi connectivity index (χ2v) is 6.34. The standard InChI is InChI=1S/C13H22O6/c1-11(2)15-6-7(17-11)8-13(5,14)9-10(16-8)19-12(3,4)18-9/h7-10,14H,6H2,1-5H3/t7-,8-,9+,10-,13+/m1/s1/i5D. The van der Waals surface area contributed by atoms with Crippen LogP contribution >= 0.6 is 0 Å². The van der Waals surface area contributed by atoms with Gasteiger partial charge in [0.05, 0.1) is 6.61 Å². The van der Waals surface area contributed by atoms with Gasteiger partial charge in [0, 0.05) is 1.37 Å². The molecular weight excluding hydrogens is 252 g/mol. The Labute approximate surface area is 114 Å². The van der Waals surface area contributed by atoms with Gasteiger partial charge in [-0.2, -0.15) is 0 Å². The van der Waals surface area contributed by atoms with Gasteiger partial charge >= 0.3 is 0 Å². The van der Waals surface area contributed by atoms with Gasteiger partial charge in [0.1, 0.15) is 23.9 Å². The fraction of sp³-hybridized carbons (Fsp3) is 1.00. The Morgan fingerprint density at radius 2 is 1.79 bits per heavy atom. The fourth-order valence-electron chi connectivity index (χ4n) is 2.87. The molecule has 3 saturated heterocycles. The van der Waals surface area contributed by atoms with Gasteiger partial charge in [0.15, 0.2) is 17.9 Å². The summed E-state index contributed by atoms with van der Waals surface area (Å²) in [5, 5.41) is 10.8. The average molecular weight is 275 g/mol. The third-order valence-electron chi connectivity index (χ3n) is 3.69. The normalized spacial score (nSPS) is 52.2. The number of hydrogen-bond acceptors (Lipinski definition) is 6. The van der Waals surface area contributed by atoms with Crippen LogP contribution in [0.4, 0.5) is 0 Å². The Morgan fingerprint density at radius 1 is 1.05 bits per heavy atom. The third-order valence-corrected chi connectivity index (χ3v) is 3.69. The van der Waals surface area contributed by atoms with Crippen molar-refractivity contribution >= 4 is 0 Å². The van der Waals surface area contributed by atoms with Crippen LogP contribution in [0, 0.1) is 0 Å². The molecule has 0 spiro atoms. The largest absolute Gasteiger partial charge is 0.384 e. The predicted octanol–water partition coefficient (Wildman–Crippen LogP) is 0.765. The van der Waals surface area contributed by atoms with Crippen molar-refractivity contribution in [1.29, 1.82) is 0 Å². The molecule has 3 aliphatic heterocycles. The van der Waals surface area contributed by atoms with Crippen LogP contribution < -0.4 is 0 Å². The highest BCUT2D eigenvalue weighted by Crippen LogP contribution is 2.45. The van der Waals surface area contributed by atoms with Crippen molar-refractivity contribution in [2.75, 3.05) is 6.61 Å². The highest BCUT2D eigenvalue weighted by atomic mass is 16.8. The minimum absolute atomic E-state index is 0.251. The van der Waals surface area contributed by atoms with Gasteiger partial charge in [0.2, 0.25) is 0 Å². The van der Waals surface area contributed by atoms with E-state index in [0.29, 0.717) is 6.61 Å². The van der Waals surface area contributed by atoms with Crippen LogP contribution in [0.3, 0.4) is 0 Å². The number of rotatable bonds is 1. The average Bonchev–Trinajstić information content (AvgIpc) is 2.91. The van der Waals surface area contributed by atoms with Gasteiger partial charge in [-0.15, -0.1) is 0 Å². The van der Waals surface area contributed by atoms with E-state index in [1.54, 1.807) is 27.7 Å². The van der Waals surface area contributed by atoms with Crippen LogP contribution in [0.15, 0.2) is 0 Å². The molecule has 0 aromatic carbocycles. The second-order valence-electron chi connectivity index (χ2n) is 6.34. The van der Waals surface area contributed by atoms with Crippen molar-refractivity contribution in [2.45, 2.75) is 76.4 Å². The highest BCUT2D eigenvalue weighted by molar-refractivity contribution is 5.06. The van der Waals surface area contributed by atoms with Gasteiger partial charge in [-0.25, -0.2) is 0 Å². The molecule has 3 rings (SSSR count). The Morgan fingerprint density at radius 3 is 2.37 bits per heavy atom. The molecular formula is C13H22O6. The van der Waals surface area contributed by atoms with Crippen molar-refractivity contribution in [3.8, 4) is 0 Å². The summed E-state index contributed by atoms with van der Waals surface area (Å²) in [5.41, 5.74) is -1.47. The lowest BCUT2D eigenvalue weighted by molar-refractivity contribution is -0.245. The van der Waals surface area contributed by atoms with Crippen molar-refractivity contribution in [3.05, 3.63) is 0 Å². The number of fused-ring (bicyclic) bond motifs is 1. The molecule has 0 amide bonds. The van der Waals surface area contributed by atoms with Crippen LogP contribution in [0.25, 0.3) is 0 Å². The Bertz CT molecular complexity index is 400. The first-order valence-electron chi connectivity index (χ1n) is 7.22. The molecule has 6 heteroatoms. The maximum Gasteiger partial charge on any atom is 0.190 e. The van der Waals surface area contributed by atoms with E-state index in [1.165, 1.54) is 0 Å². The highest BCUT2D eigenvalue weighted by Gasteiger charge is 2.63. The lowest BCUT2D eigenvalue weighted by Crippen LogP contribution is -2.51. The summed E-state index contributed by atoms with van der Waals surface area (Å²) in [5.74, 6) is -1.54. The van der Waals surface area contributed by atoms with Crippen LogP contribution in [-0.2, 0) is 23.7 Å². The monoisotopic (exact) mass is 275 g/mol. The summed E-state index contributed by atoms with van der Waals surface area (Å²) < 4.78 is 36.1. The van der Waals surface area contributed by atoms with E-state index in [1.807, 2.05) is 0 Å². The molecule has 3 fully saturated rings. The Balaban J connectivity index is 1.81. The Hall–Kier alpha value is -0.240. The Kier molecular flexibility index (Phi) is 2.57. The lowest BCUT2D eigenvalue weighted by Gasteiger charge is -2.33. The molecule has 0 unspecified atom stereocenters. The first-order valence-corrected chi connectivity index (χ1v) is 6.51. The number of hydrogen-bond donors (Lipinski definition) is 1. The molecule has 0 aromatic heterocycles. The molecule has 0 radical (unpaired) electrons. The number of aliphatic hydroxyl groups is 1. The van der Waals surface area contributed by atoms with Crippen molar-refractivity contribution < 1.29 is 30.2 Å². The van der Waals surface area contributed by atoms with Crippen LogP contribution in [0.2, 0.25) is 0 Å². The lowest BCUT2D eigenvalue weighted by atomic mass is 9.91. The topological polar surface area (TPSA) is 66.4 Å². The van der Waals surface area contributed by atoms with Gasteiger partial charge in [-0.3, -0.25) is 0 Å². The van der Waals surface area contributed by atoms with E-state index in [2.05, 4.69) is 0 Å². The van der Waals surface area contributed by atoms with Crippen molar-refractivity contribution in [2.24, 2.45) is 0 Å². The van der Waals surface area contributed by atoms with E-state index in [4.69, 9.17) is 25.1 Å². The molecule has 1 N–H and O–H groups in total. The van der Waals surface area contributed by atoms with E-state index in [-0.39, 0.29) is 6.90 Å². The SMILES string of the molecule is [2H]C[C@]1(O)[C@@H]([C@H]2COC(C)(C)O2)O[C@@H]2OC(C)(C)O[C@@H]21. The van der Waals surface area contributed by atoms with E-state index >= 15 is 0 Å². The van der Waals surface area contributed by atoms with E-state index in [0.717, 1.165) is 0 Å². The van der Waals surface area contributed by atoms with Gasteiger partial charge < -0.3 is 28.8 Å². The number of ether oxygens (including phenoxy) is 5. The molecule has 0 saturated carbocycles. The first kappa shape index (κ1) is 12.5. The molecule has 0 aromatic rings. The molecule has 3 heterocycles. The minimum atomic E-state index is -1.47. The first-order chi connectivity index (χ1) is 9.17. The summed E-state index contributed by atoms with van der Waals surface area (Å²) in [4.78, 5) is 0. The van der Waals surface area contributed by atoms with Crippen LogP contribution in [0.1, 0.15) is 36.0 Å². The molecule has 0 bridgehead atoms. The maximum absolute atomic E-state index is 10.8. The third kappa shape index (κ3) is 2.20. The molecule has 0 aliphatic carbocycles. The molecule has 6 nitrogen and oxygen atoms in total. The maximum atomic E-state index is 10.8. The van der Waals surface area contributed by atoms with Gasteiger partial charge in [0.25, 0.3) is 0 Å². The van der Waals surface area contributed by atoms with Crippen molar-refractivity contribution in [1.82, 2.24) is 0 Å². The van der Waals surface area contributed by atoms with E-state index < -0.39 is 41.8 Å². The summed E-state index contributed by atoms with van der Waals surface area (Å²) in [6, 6.07) is 0. The van der Waals surface area contributed by atoms with E-state index in [9.17, 15) is 5.11 Å². The molecule has 3 aliphatic rings. The summed E-state index contributed by atoms with van der Waals surface area (Å²) >= 11 is 0. The molecule has 5 atom stereocenters. The summed E-state index contributed by atoms with van der Waals surface area (Å²) in [7, 11) is 0.